The summed E-state index contributed by atoms with van der Waals surface area (Å²) in [5.74, 6) is 0.470. The molecule has 3 aromatic carbocycles. The lowest BCUT2D eigenvalue weighted by molar-refractivity contribution is -0.139. The molecule has 5 nitrogen and oxygen atoms in total. The van der Waals surface area contributed by atoms with Crippen molar-refractivity contribution in [2.24, 2.45) is 0 Å². The Balaban J connectivity index is 1.73. The summed E-state index contributed by atoms with van der Waals surface area (Å²) in [7, 11) is 1.63. The van der Waals surface area contributed by atoms with Crippen LogP contribution in [0.3, 0.4) is 0 Å². The van der Waals surface area contributed by atoms with E-state index >= 15 is 0 Å². The van der Waals surface area contributed by atoms with E-state index in [0.29, 0.717) is 31.0 Å². The van der Waals surface area contributed by atoms with Crippen molar-refractivity contribution in [1.82, 2.24) is 10.2 Å². The van der Waals surface area contributed by atoms with E-state index in [2.05, 4.69) is 5.32 Å². The number of hydrogen-bond donors (Lipinski definition) is 1. The Morgan fingerprint density at radius 3 is 2.15 bits per heavy atom. The highest BCUT2D eigenvalue weighted by Gasteiger charge is 2.28. The van der Waals surface area contributed by atoms with Gasteiger partial charge in [0.2, 0.25) is 11.8 Å². The van der Waals surface area contributed by atoms with E-state index in [0.717, 1.165) is 22.4 Å². The molecule has 0 fully saturated rings. The summed E-state index contributed by atoms with van der Waals surface area (Å²) >= 11 is 6.00. The lowest BCUT2D eigenvalue weighted by atomic mass is 10.0. The van der Waals surface area contributed by atoms with Crippen molar-refractivity contribution < 1.29 is 14.3 Å². The van der Waals surface area contributed by atoms with Crippen LogP contribution in [0.5, 0.6) is 5.75 Å². The minimum Gasteiger partial charge on any atom is -0.497 e. The SMILES string of the molecule is COc1ccc(CCNC(=O)[C@@H](Cc2ccccc2)N(Cc2ccc(Cl)cc2)C(C)=O)cc1. The number of methoxy groups -OCH3 is 1. The number of halogens is 1. The van der Waals surface area contributed by atoms with Gasteiger partial charge in [0, 0.05) is 31.5 Å². The Kier molecular flexibility index (Phi) is 8.90. The molecule has 0 aliphatic heterocycles. The van der Waals surface area contributed by atoms with Gasteiger partial charge in [0.1, 0.15) is 11.8 Å². The van der Waals surface area contributed by atoms with Crippen LogP contribution >= 0.6 is 11.6 Å². The summed E-state index contributed by atoms with van der Waals surface area (Å²) in [5.41, 5.74) is 3.01. The standard InChI is InChI=1S/C27H29ClN2O3/c1-20(31)30(19-23-8-12-24(28)13-9-23)26(18-22-6-4-3-5-7-22)27(32)29-17-16-21-10-14-25(33-2)15-11-21/h3-15,26H,16-19H2,1-2H3,(H,29,32)/t26-/m1/s1. The summed E-state index contributed by atoms with van der Waals surface area (Å²) in [6.07, 6.45) is 1.12. The van der Waals surface area contributed by atoms with Gasteiger partial charge in [-0.3, -0.25) is 9.59 Å². The average Bonchev–Trinajstić information content (AvgIpc) is 2.83. The maximum Gasteiger partial charge on any atom is 0.243 e. The van der Waals surface area contributed by atoms with Gasteiger partial charge in [-0.15, -0.1) is 0 Å². The Morgan fingerprint density at radius 1 is 0.909 bits per heavy atom. The minimum absolute atomic E-state index is 0.156. The number of benzene rings is 3. The molecule has 2 amide bonds. The molecule has 0 radical (unpaired) electrons. The first-order valence-electron chi connectivity index (χ1n) is 10.9. The van der Waals surface area contributed by atoms with Gasteiger partial charge in [0.15, 0.2) is 0 Å². The van der Waals surface area contributed by atoms with E-state index < -0.39 is 6.04 Å². The smallest absolute Gasteiger partial charge is 0.243 e. The van der Waals surface area contributed by atoms with E-state index in [1.807, 2.05) is 66.7 Å². The summed E-state index contributed by atoms with van der Waals surface area (Å²) in [5, 5.41) is 3.65. The first-order chi connectivity index (χ1) is 16.0. The first kappa shape index (κ1) is 24.3. The zero-order valence-corrected chi connectivity index (χ0v) is 19.7. The number of carbonyl (C=O) groups excluding carboxylic acids is 2. The van der Waals surface area contributed by atoms with Crippen molar-refractivity contribution in [2.75, 3.05) is 13.7 Å². The van der Waals surface area contributed by atoms with Crippen molar-refractivity contribution in [2.45, 2.75) is 32.4 Å². The zero-order valence-electron chi connectivity index (χ0n) is 19.0. The predicted octanol–water partition coefficient (Wildman–Crippen LogP) is 4.67. The van der Waals surface area contributed by atoms with Gasteiger partial charge in [-0.2, -0.15) is 0 Å². The molecular formula is C27H29ClN2O3. The Hall–Kier alpha value is -3.31. The lowest BCUT2D eigenvalue weighted by Crippen LogP contribution is -2.50. The van der Waals surface area contributed by atoms with Crippen molar-refractivity contribution >= 4 is 23.4 Å². The molecule has 3 aromatic rings. The predicted molar refractivity (Wildman–Crippen MR) is 131 cm³/mol. The van der Waals surface area contributed by atoms with E-state index in [1.54, 1.807) is 24.1 Å². The molecule has 0 aliphatic rings. The fraction of sp³-hybridized carbons (Fsp3) is 0.259. The normalized spacial score (nSPS) is 11.5. The van der Waals surface area contributed by atoms with Crippen LogP contribution in [0.1, 0.15) is 23.6 Å². The Bertz CT molecular complexity index is 1040. The van der Waals surface area contributed by atoms with Crippen molar-refractivity contribution in [1.29, 1.82) is 0 Å². The third-order valence-corrected chi connectivity index (χ3v) is 5.75. The van der Waals surface area contributed by atoms with Gasteiger partial charge in [-0.05, 0) is 47.4 Å². The Labute approximate surface area is 200 Å². The molecule has 0 spiro atoms. The molecular weight excluding hydrogens is 436 g/mol. The summed E-state index contributed by atoms with van der Waals surface area (Å²) in [4.78, 5) is 27.5. The number of carbonyl (C=O) groups is 2. The van der Waals surface area contributed by atoms with Gasteiger partial charge in [-0.25, -0.2) is 0 Å². The van der Waals surface area contributed by atoms with Crippen LogP contribution in [-0.2, 0) is 29.0 Å². The fourth-order valence-corrected chi connectivity index (χ4v) is 3.78. The highest BCUT2D eigenvalue weighted by Crippen LogP contribution is 2.17. The van der Waals surface area contributed by atoms with Gasteiger partial charge in [0.25, 0.3) is 0 Å². The van der Waals surface area contributed by atoms with Crippen molar-refractivity contribution in [3.63, 3.8) is 0 Å². The quantitative estimate of drug-likeness (QED) is 0.474. The molecule has 0 aromatic heterocycles. The Morgan fingerprint density at radius 2 is 1.55 bits per heavy atom. The van der Waals surface area contributed by atoms with Gasteiger partial charge in [0.05, 0.1) is 7.11 Å². The van der Waals surface area contributed by atoms with E-state index in [1.165, 1.54) is 6.92 Å². The highest BCUT2D eigenvalue weighted by molar-refractivity contribution is 6.30. The van der Waals surface area contributed by atoms with Crippen LogP contribution in [0.15, 0.2) is 78.9 Å². The van der Waals surface area contributed by atoms with Crippen LogP contribution < -0.4 is 10.1 Å². The molecule has 0 aliphatic carbocycles. The molecule has 0 saturated heterocycles. The average molecular weight is 465 g/mol. The van der Waals surface area contributed by atoms with Crippen molar-refractivity contribution in [3.05, 3.63) is 101 Å². The molecule has 33 heavy (non-hydrogen) atoms. The largest absolute Gasteiger partial charge is 0.497 e. The second-order valence-electron chi connectivity index (χ2n) is 7.87. The molecule has 6 heteroatoms. The number of rotatable bonds is 10. The number of nitrogens with one attached hydrogen (secondary N) is 1. The number of ether oxygens (including phenoxy) is 1. The van der Waals surface area contributed by atoms with Gasteiger partial charge in [-0.1, -0.05) is 66.2 Å². The third-order valence-electron chi connectivity index (χ3n) is 5.49. The van der Waals surface area contributed by atoms with E-state index in [4.69, 9.17) is 16.3 Å². The number of amides is 2. The summed E-state index contributed by atoms with van der Waals surface area (Å²) in [6, 6.07) is 24.2. The molecule has 0 unspecified atom stereocenters. The summed E-state index contributed by atoms with van der Waals surface area (Å²) < 4.78 is 5.19. The van der Waals surface area contributed by atoms with Crippen molar-refractivity contribution in [3.8, 4) is 5.75 Å². The van der Waals surface area contributed by atoms with Gasteiger partial charge < -0.3 is 15.0 Å². The molecule has 1 atom stereocenters. The monoisotopic (exact) mass is 464 g/mol. The zero-order chi connectivity index (χ0) is 23.6. The molecule has 0 saturated carbocycles. The third kappa shape index (κ3) is 7.36. The molecule has 1 N–H and O–H groups in total. The molecule has 172 valence electrons. The van der Waals surface area contributed by atoms with Crippen LogP contribution in [0, 0.1) is 0 Å². The topological polar surface area (TPSA) is 58.6 Å². The molecule has 0 heterocycles. The van der Waals surface area contributed by atoms with E-state index in [-0.39, 0.29) is 11.8 Å². The van der Waals surface area contributed by atoms with E-state index in [9.17, 15) is 9.59 Å². The van der Waals surface area contributed by atoms with Crippen LogP contribution in [0.2, 0.25) is 5.02 Å². The first-order valence-corrected chi connectivity index (χ1v) is 11.3. The van der Waals surface area contributed by atoms with Crippen LogP contribution in [0.25, 0.3) is 0 Å². The van der Waals surface area contributed by atoms with Crippen LogP contribution in [0.4, 0.5) is 0 Å². The fourth-order valence-electron chi connectivity index (χ4n) is 3.65. The maximum absolute atomic E-state index is 13.3. The highest BCUT2D eigenvalue weighted by atomic mass is 35.5. The summed E-state index contributed by atoms with van der Waals surface area (Å²) in [6.45, 7) is 2.30. The number of hydrogen-bond acceptors (Lipinski definition) is 3. The molecule has 0 bridgehead atoms. The number of nitrogens with zero attached hydrogens (tertiary/aromatic N) is 1. The maximum atomic E-state index is 13.3. The second-order valence-corrected chi connectivity index (χ2v) is 8.30. The van der Waals surface area contributed by atoms with Gasteiger partial charge >= 0.3 is 0 Å². The second kappa shape index (κ2) is 12.1. The molecule has 3 rings (SSSR count). The minimum atomic E-state index is -0.628. The lowest BCUT2D eigenvalue weighted by Gasteiger charge is -2.30. The van der Waals surface area contributed by atoms with Crippen LogP contribution in [-0.4, -0.2) is 36.4 Å².